The molecule has 0 aliphatic carbocycles. The van der Waals surface area contributed by atoms with Crippen LogP contribution in [0.2, 0.25) is 0 Å². The number of rotatable bonds is 4. The Hall–Kier alpha value is -3.53. The molecule has 0 unspecified atom stereocenters. The molecule has 0 bridgehead atoms. The van der Waals surface area contributed by atoms with E-state index in [2.05, 4.69) is 20.3 Å². The molecule has 0 aliphatic heterocycles. The minimum Gasteiger partial charge on any atom is -0.344 e. The van der Waals surface area contributed by atoms with Crippen LogP contribution >= 0.6 is 11.3 Å². The maximum Gasteiger partial charge on any atom is 0.416 e. The zero-order chi connectivity index (χ0) is 23.7. The molecule has 1 amide bonds. The normalized spacial score (nSPS) is 12.8. The van der Waals surface area contributed by atoms with Crippen molar-refractivity contribution in [1.29, 1.82) is 5.26 Å². The second-order valence-corrected chi connectivity index (χ2v) is 7.45. The molecule has 166 valence electrons. The van der Waals surface area contributed by atoms with Gasteiger partial charge in [0.2, 0.25) is 0 Å². The first-order chi connectivity index (χ1) is 14.9. The number of halogens is 6. The molecule has 0 radical (unpaired) electrons. The van der Waals surface area contributed by atoms with Gasteiger partial charge in [-0.25, -0.2) is 4.98 Å². The number of hydrogen-bond donors (Lipinski definition) is 1. The largest absolute Gasteiger partial charge is 0.416 e. The van der Waals surface area contributed by atoms with Crippen molar-refractivity contribution in [3.8, 4) is 16.8 Å². The summed E-state index contributed by atoms with van der Waals surface area (Å²) < 4.78 is 78.3. The fourth-order valence-electron chi connectivity index (χ4n) is 2.70. The number of nitrogens with one attached hydrogen (secondary N) is 1. The zero-order valence-corrected chi connectivity index (χ0v) is 16.7. The Labute approximate surface area is 180 Å². The Morgan fingerprint density at radius 3 is 2.16 bits per heavy atom. The molecule has 0 fully saturated rings. The second-order valence-electron chi connectivity index (χ2n) is 6.42. The van der Waals surface area contributed by atoms with Crippen molar-refractivity contribution in [3.63, 3.8) is 0 Å². The average molecular weight is 471 g/mol. The summed E-state index contributed by atoms with van der Waals surface area (Å²) >= 11 is 1.00. The maximum absolute atomic E-state index is 13.1. The number of amides is 1. The van der Waals surface area contributed by atoms with Gasteiger partial charge in [-0.15, -0.1) is 11.3 Å². The lowest BCUT2D eigenvalue weighted by Crippen LogP contribution is -2.28. The van der Waals surface area contributed by atoms with Crippen LogP contribution in [0.3, 0.4) is 0 Å². The van der Waals surface area contributed by atoms with Gasteiger partial charge in [0.05, 0.1) is 29.1 Å². The van der Waals surface area contributed by atoms with Gasteiger partial charge >= 0.3 is 12.4 Å². The van der Waals surface area contributed by atoms with Crippen molar-refractivity contribution >= 4 is 17.2 Å². The van der Waals surface area contributed by atoms with Crippen molar-refractivity contribution < 1.29 is 31.1 Å². The average Bonchev–Trinajstić information content (AvgIpc) is 3.21. The minimum atomic E-state index is -5.08. The van der Waals surface area contributed by atoms with Crippen LogP contribution in [0.4, 0.5) is 26.3 Å². The van der Waals surface area contributed by atoms with Gasteiger partial charge in [-0.2, -0.15) is 31.6 Å². The number of aromatic nitrogens is 3. The van der Waals surface area contributed by atoms with Crippen molar-refractivity contribution in [2.24, 2.45) is 0 Å². The molecule has 1 aromatic carbocycles. The third kappa shape index (κ3) is 5.02. The summed E-state index contributed by atoms with van der Waals surface area (Å²) in [5.74, 6) is -1.16. The monoisotopic (exact) mass is 471 g/mol. The first kappa shape index (κ1) is 23.1. The van der Waals surface area contributed by atoms with E-state index in [1.165, 1.54) is 25.5 Å². The highest BCUT2D eigenvalue weighted by atomic mass is 32.1. The molecule has 6 nitrogen and oxygen atoms in total. The molecule has 1 N–H and O–H groups in total. The van der Waals surface area contributed by atoms with Crippen molar-refractivity contribution in [1.82, 2.24) is 20.3 Å². The highest BCUT2D eigenvalue weighted by molar-refractivity contribution is 7.15. The Morgan fingerprint density at radius 2 is 1.62 bits per heavy atom. The van der Waals surface area contributed by atoms with Crippen LogP contribution in [-0.4, -0.2) is 20.9 Å². The maximum atomic E-state index is 13.1. The molecule has 2 heterocycles. The first-order valence-electron chi connectivity index (χ1n) is 8.67. The lowest BCUT2D eigenvalue weighted by Gasteiger charge is -2.17. The Balaban J connectivity index is 1.94. The van der Waals surface area contributed by atoms with Gasteiger partial charge in [0.25, 0.3) is 5.91 Å². The van der Waals surface area contributed by atoms with Gasteiger partial charge in [0.1, 0.15) is 21.6 Å². The summed E-state index contributed by atoms with van der Waals surface area (Å²) in [6, 6.07) is 1.58. The quantitative estimate of drug-likeness (QED) is 0.541. The highest BCUT2D eigenvalue weighted by Crippen LogP contribution is 2.36. The van der Waals surface area contributed by atoms with Crippen LogP contribution in [-0.2, 0) is 12.4 Å². The Kier molecular flexibility index (Phi) is 6.18. The molecule has 3 rings (SSSR count). The molecule has 13 heteroatoms. The zero-order valence-electron chi connectivity index (χ0n) is 15.9. The molecule has 2 aromatic heterocycles. The lowest BCUT2D eigenvalue weighted by atomic mass is 10.0. The van der Waals surface area contributed by atoms with E-state index in [1.54, 1.807) is 0 Å². The predicted octanol–water partition coefficient (Wildman–Crippen LogP) is 5.00. The van der Waals surface area contributed by atoms with E-state index in [1.807, 2.05) is 6.07 Å². The van der Waals surface area contributed by atoms with Crippen LogP contribution in [0.1, 0.15) is 45.0 Å². The summed E-state index contributed by atoms with van der Waals surface area (Å²) in [4.78, 5) is 25.1. The number of thiazole rings is 1. The Bertz CT molecular complexity index is 1170. The summed E-state index contributed by atoms with van der Waals surface area (Å²) in [6.45, 7) is 1.43. The highest BCUT2D eigenvalue weighted by Gasteiger charge is 2.37. The minimum absolute atomic E-state index is 0.0593. The number of alkyl halides is 6. The molecule has 0 saturated carbocycles. The molecular formula is C19H11F6N5OS. The van der Waals surface area contributed by atoms with Gasteiger partial charge < -0.3 is 5.32 Å². The summed E-state index contributed by atoms with van der Waals surface area (Å²) in [5.41, 5.74) is -3.63. The number of nitrogens with zero attached hydrogens (tertiary/aromatic N) is 4. The van der Waals surface area contributed by atoms with Gasteiger partial charge in [-0.05, 0) is 25.1 Å². The van der Waals surface area contributed by atoms with E-state index in [0.717, 1.165) is 11.3 Å². The predicted molar refractivity (Wildman–Crippen MR) is 100 cm³/mol. The van der Waals surface area contributed by atoms with Crippen LogP contribution in [0.15, 0.2) is 36.8 Å². The van der Waals surface area contributed by atoms with Crippen LogP contribution < -0.4 is 5.32 Å². The molecule has 0 aliphatic rings. The molecule has 0 saturated heterocycles. The topological polar surface area (TPSA) is 91.6 Å². The number of carbonyl (C=O) groups is 1. The van der Waals surface area contributed by atoms with E-state index in [9.17, 15) is 31.1 Å². The van der Waals surface area contributed by atoms with E-state index in [-0.39, 0.29) is 22.3 Å². The van der Waals surface area contributed by atoms with Gasteiger partial charge in [0.15, 0.2) is 0 Å². The summed E-state index contributed by atoms with van der Waals surface area (Å²) in [5, 5.41) is 11.6. The van der Waals surface area contributed by atoms with Gasteiger partial charge in [-0.3, -0.25) is 14.8 Å². The number of benzene rings is 1. The number of nitriles is 1. The third-order valence-electron chi connectivity index (χ3n) is 4.15. The van der Waals surface area contributed by atoms with Gasteiger partial charge in [-0.1, -0.05) is 0 Å². The van der Waals surface area contributed by atoms with E-state index >= 15 is 0 Å². The lowest BCUT2D eigenvalue weighted by molar-refractivity contribution is -0.143. The molecule has 0 spiro atoms. The first-order valence-corrected chi connectivity index (χ1v) is 9.49. The van der Waals surface area contributed by atoms with Crippen LogP contribution in [0.5, 0.6) is 0 Å². The fraction of sp³-hybridized carbons (Fsp3) is 0.211. The molecular weight excluding hydrogens is 460 g/mol. The summed E-state index contributed by atoms with van der Waals surface area (Å²) in [6.07, 6.45) is -6.22. The van der Waals surface area contributed by atoms with Crippen molar-refractivity contribution in [2.45, 2.75) is 25.3 Å². The summed E-state index contributed by atoms with van der Waals surface area (Å²) in [7, 11) is 0. The molecule has 3 aromatic rings. The number of carbonyl (C=O) groups excluding carboxylic acids is 1. The van der Waals surface area contributed by atoms with Gasteiger partial charge in [0, 0.05) is 18.0 Å². The van der Waals surface area contributed by atoms with Crippen LogP contribution in [0.25, 0.3) is 10.7 Å². The number of hydrogen-bond acceptors (Lipinski definition) is 6. The second kappa shape index (κ2) is 8.54. The van der Waals surface area contributed by atoms with E-state index in [0.29, 0.717) is 17.1 Å². The standard InChI is InChI=1S/C19H11F6N5OS/c1-9(14-15(28-3-2-27-14)17-29-8-13(7-26)32-17)30-16(31)10-4-11(18(20,21)22)6-12(5-10)19(23,24)25/h2-6,8-9H,1H3,(H,30,31)/t9-/m1/s1. The third-order valence-corrected chi connectivity index (χ3v) is 5.06. The Morgan fingerprint density at radius 1 is 1.03 bits per heavy atom. The fourth-order valence-corrected chi connectivity index (χ4v) is 3.42. The smallest absolute Gasteiger partial charge is 0.344 e. The van der Waals surface area contributed by atoms with E-state index < -0.39 is 41.0 Å². The molecule has 32 heavy (non-hydrogen) atoms. The molecule has 1 atom stereocenters. The van der Waals surface area contributed by atoms with E-state index in [4.69, 9.17) is 5.26 Å². The van der Waals surface area contributed by atoms with Crippen molar-refractivity contribution in [3.05, 3.63) is 64.1 Å². The van der Waals surface area contributed by atoms with Crippen molar-refractivity contribution in [2.75, 3.05) is 0 Å². The SMILES string of the molecule is C[C@@H](NC(=O)c1cc(C(F)(F)F)cc(C(F)(F)F)c1)c1nccnc1-c1ncc(C#N)s1. The van der Waals surface area contributed by atoms with Crippen LogP contribution in [0, 0.1) is 11.3 Å².